The van der Waals surface area contributed by atoms with Crippen LogP contribution in [-0.2, 0) is 29.5 Å². The molecule has 1 aliphatic heterocycles. The van der Waals surface area contributed by atoms with E-state index in [0.29, 0.717) is 17.7 Å². The molecule has 1 heterocycles. The zero-order chi connectivity index (χ0) is 34.8. The number of nitrogens with one attached hydrogen (secondary N) is 2. The number of carboxylic acids is 1. The minimum atomic E-state index is -1.86. The van der Waals surface area contributed by atoms with Gasteiger partial charge >= 0.3 is 12.1 Å². The standard InChI is InChI=1S/C34H52N4O8/c1-9-10-13-22(4)16-17-28(39)38(30(41)26(18-21(2)3)37-32(44)46-33(6,7)8)27(29(40)36-23(5)31(42)43)19-34(45)20-35-25-15-12-11-14-24(25)34/h11-12,14-15,20-23,26-27,45H,9-10,13,16-19H2,1-8H3,(H,36,40)(H,37,44)(H,42,43)/t22-,23-,26+,27-,34+/m0/s1. The van der Waals surface area contributed by atoms with Crippen LogP contribution in [0, 0.1) is 11.8 Å². The molecule has 2 rings (SSSR count). The minimum absolute atomic E-state index is 0.0845. The number of carbonyl (C=O) groups excluding carboxylic acids is 4. The Kier molecular flexibility index (Phi) is 13.9. The van der Waals surface area contributed by atoms with Crippen molar-refractivity contribution in [3.05, 3.63) is 29.8 Å². The van der Waals surface area contributed by atoms with E-state index in [1.165, 1.54) is 13.1 Å². The van der Waals surface area contributed by atoms with Gasteiger partial charge in [0.05, 0.1) is 5.69 Å². The number of ether oxygens (including phenoxy) is 1. The molecule has 0 unspecified atom stereocenters. The predicted octanol–water partition coefficient (Wildman–Crippen LogP) is 4.84. The van der Waals surface area contributed by atoms with E-state index in [2.05, 4.69) is 22.5 Å². The summed E-state index contributed by atoms with van der Waals surface area (Å²) in [6, 6.07) is 2.47. The lowest BCUT2D eigenvalue weighted by atomic mass is 9.87. The smallest absolute Gasteiger partial charge is 0.408 e. The highest BCUT2D eigenvalue weighted by Gasteiger charge is 2.46. The van der Waals surface area contributed by atoms with Crippen molar-refractivity contribution in [2.24, 2.45) is 16.8 Å². The van der Waals surface area contributed by atoms with E-state index in [4.69, 9.17) is 4.74 Å². The highest BCUT2D eigenvalue weighted by atomic mass is 16.6. The maximum atomic E-state index is 14.5. The van der Waals surface area contributed by atoms with Crippen LogP contribution in [0.5, 0.6) is 0 Å². The quantitative estimate of drug-likeness (QED) is 0.198. The maximum absolute atomic E-state index is 14.5. The topological polar surface area (TPSA) is 175 Å². The molecule has 4 N–H and O–H groups in total. The summed E-state index contributed by atoms with van der Waals surface area (Å²) in [6.07, 6.45) is 3.19. The number of para-hydroxylation sites is 1. The molecule has 0 aromatic heterocycles. The Morgan fingerprint density at radius 3 is 2.26 bits per heavy atom. The molecular weight excluding hydrogens is 592 g/mol. The normalized spacial score (nSPS) is 18.2. The van der Waals surface area contributed by atoms with E-state index in [1.807, 2.05) is 20.8 Å². The molecule has 0 aliphatic carbocycles. The molecule has 1 aromatic rings. The monoisotopic (exact) mass is 644 g/mol. The summed E-state index contributed by atoms with van der Waals surface area (Å²) in [7, 11) is 0. The van der Waals surface area contributed by atoms with Crippen LogP contribution in [-0.4, -0.2) is 74.8 Å². The molecule has 4 amide bonds. The largest absolute Gasteiger partial charge is 0.480 e. The number of nitrogens with zero attached hydrogens (tertiary/aromatic N) is 2. The first kappa shape index (κ1) is 38.4. The molecule has 46 heavy (non-hydrogen) atoms. The number of benzene rings is 1. The van der Waals surface area contributed by atoms with Crippen LogP contribution < -0.4 is 10.6 Å². The molecule has 256 valence electrons. The molecular formula is C34H52N4O8. The first-order valence-corrected chi connectivity index (χ1v) is 16.1. The molecule has 1 aromatic carbocycles. The van der Waals surface area contributed by atoms with Gasteiger partial charge in [0.1, 0.15) is 29.3 Å². The SMILES string of the molecule is CCCC[C@H](C)CCC(=O)N(C(=O)[C@@H](CC(C)C)NC(=O)OC(C)(C)C)[C@@H](C[C@@]1(O)C=Nc2ccccc21)C(=O)N[C@@H](C)C(=O)O. The van der Waals surface area contributed by atoms with E-state index in [0.717, 1.165) is 24.2 Å². The Morgan fingerprint density at radius 1 is 1.02 bits per heavy atom. The van der Waals surface area contributed by atoms with Crippen molar-refractivity contribution in [3.8, 4) is 0 Å². The van der Waals surface area contributed by atoms with Crippen molar-refractivity contribution < 1.29 is 38.9 Å². The number of alkyl carbamates (subject to hydrolysis) is 1. The van der Waals surface area contributed by atoms with E-state index in [-0.39, 0.29) is 24.7 Å². The number of hydrogen-bond donors (Lipinski definition) is 4. The van der Waals surface area contributed by atoms with Gasteiger partial charge in [-0.25, -0.2) is 4.79 Å². The molecule has 12 nitrogen and oxygen atoms in total. The van der Waals surface area contributed by atoms with Gasteiger partial charge < -0.3 is 25.6 Å². The predicted molar refractivity (Wildman–Crippen MR) is 175 cm³/mol. The van der Waals surface area contributed by atoms with Gasteiger partial charge in [0.2, 0.25) is 11.8 Å². The van der Waals surface area contributed by atoms with E-state index in [1.54, 1.807) is 45.0 Å². The average Bonchev–Trinajstić information content (AvgIpc) is 3.29. The summed E-state index contributed by atoms with van der Waals surface area (Å²) in [4.78, 5) is 72.1. The van der Waals surface area contributed by atoms with Gasteiger partial charge in [0.15, 0.2) is 0 Å². The summed E-state index contributed by atoms with van der Waals surface area (Å²) in [5.41, 5.74) is -1.89. The number of fused-ring (bicyclic) bond motifs is 1. The Balaban J connectivity index is 2.64. The van der Waals surface area contributed by atoms with Crippen molar-refractivity contribution in [3.63, 3.8) is 0 Å². The van der Waals surface area contributed by atoms with Crippen molar-refractivity contribution in [2.45, 2.75) is 130 Å². The number of carboxylic acid groups (broad SMARTS) is 1. The van der Waals surface area contributed by atoms with Crippen LogP contribution in [0.25, 0.3) is 0 Å². The fourth-order valence-electron chi connectivity index (χ4n) is 5.28. The molecule has 5 atom stereocenters. The molecule has 0 bridgehead atoms. The number of imide groups is 1. The van der Waals surface area contributed by atoms with Crippen molar-refractivity contribution >= 4 is 41.7 Å². The third kappa shape index (κ3) is 11.2. The molecule has 0 fully saturated rings. The third-order valence-electron chi connectivity index (χ3n) is 7.74. The number of hydrogen-bond acceptors (Lipinski definition) is 8. The van der Waals surface area contributed by atoms with Gasteiger partial charge in [-0.05, 0) is 58.4 Å². The first-order valence-electron chi connectivity index (χ1n) is 16.1. The lowest BCUT2D eigenvalue weighted by Gasteiger charge is -2.36. The Hall–Kier alpha value is -3.80. The van der Waals surface area contributed by atoms with E-state index in [9.17, 15) is 34.2 Å². The Bertz CT molecular complexity index is 1270. The minimum Gasteiger partial charge on any atom is -0.480 e. The summed E-state index contributed by atoms with van der Waals surface area (Å²) in [5, 5.41) is 26.3. The fourth-order valence-corrected chi connectivity index (χ4v) is 5.28. The maximum Gasteiger partial charge on any atom is 0.408 e. The zero-order valence-corrected chi connectivity index (χ0v) is 28.5. The Labute approximate surface area is 272 Å². The number of rotatable bonds is 16. The number of aliphatic carboxylic acids is 1. The number of amides is 4. The highest BCUT2D eigenvalue weighted by molar-refractivity contribution is 6.04. The number of aliphatic imine (C=N–C) groups is 1. The van der Waals surface area contributed by atoms with Gasteiger partial charge in [-0.3, -0.25) is 29.1 Å². The van der Waals surface area contributed by atoms with Gasteiger partial charge in [-0.2, -0.15) is 0 Å². The van der Waals surface area contributed by atoms with Crippen LogP contribution in [0.4, 0.5) is 10.5 Å². The third-order valence-corrected chi connectivity index (χ3v) is 7.74. The van der Waals surface area contributed by atoms with Crippen molar-refractivity contribution in [1.82, 2.24) is 15.5 Å². The Morgan fingerprint density at radius 2 is 1.67 bits per heavy atom. The summed E-state index contributed by atoms with van der Waals surface area (Å²) >= 11 is 0. The zero-order valence-electron chi connectivity index (χ0n) is 28.5. The van der Waals surface area contributed by atoms with Crippen LogP contribution in [0.3, 0.4) is 0 Å². The number of carbonyl (C=O) groups is 5. The second-order valence-corrected chi connectivity index (χ2v) is 13.7. The van der Waals surface area contributed by atoms with Crippen LogP contribution in [0.2, 0.25) is 0 Å². The first-order chi connectivity index (χ1) is 21.4. The molecule has 0 saturated carbocycles. The second-order valence-electron chi connectivity index (χ2n) is 13.7. The van der Waals surface area contributed by atoms with Crippen LogP contribution in [0.15, 0.2) is 29.3 Å². The summed E-state index contributed by atoms with van der Waals surface area (Å²) < 4.78 is 5.40. The lowest BCUT2D eigenvalue weighted by molar-refractivity contribution is -0.155. The van der Waals surface area contributed by atoms with Crippen LogP contribution in [0.1, 0.15) is 106 Å². The van der Waals surface area contributed by atoms with Crippen molar-refractivity contribution in [2.75, 3.05) is 0 Å². The van der Waals surface area contributed by atoms with Gasteiger partial charge in [-0.1, -0.05) is 65.2 Å². The van der Waals surface area contributed by atoms with Gasteiger partial charge in [-0.15, -0.1) is 0 Å². The molecule has 12 heteroatoms. The average molecular weight is 645 g/mol. The van der Waals surface area contributed by atoms with E-state index < -0.39 is 65.5 Å². The summed E-state index contributed by atoms with van der Waals surface area (Å²) in [6.45, 7) is 14.0. The fraction of sp³-hybridized carbons (Fsp3) is 0.647. The lowest BCUT2D eigenvalue weighted by Crippen LogP contribution is -2.60. The van der Waals surface area contributed by atoms with Gasteiger partial charge in [0.25, 0.3) is 5.91 Å². The number of aliphatic hydroxyl groups is 1. The molecule has 1 aliphatic rings. The highest BCUT2D eigenvalue weighted by Crippen LogP contribution is 2.39. The second kappa shape index (κ2) is 16.7. The molecule has 0 spiro atoms. The number of unbranched alkanes of at least 4 members (excludes halogenated alkanes) is 1. The van der Waals surface area contributed by atoms with Crippen molar-refractivity contribution in [1.29, 1.82) is 0 Å². The van der Waals surface area contributed by atoms with Gasteiger partial charge in [0, 0.05) is 24.6 Å². The van der Waals surface area contributed by atoms with Crippen LogP contribution >= 0.6 is 0 Å². The summed E-state index contributed by atoms with van der Waals surface area (Å²) in [5.74, 6) is -3.76. The molecule has 0 radical (unpaired) electrons. The van der Waals surface area contributed by atoms with E-state index >= 15 is 0 Å². The molecule has 0 saturated heterocycles.